The van der Waals surface area contributed by atoms with E-state index in [0.29, 0.717) is 0 Å². The summed E-state index contributed by atoms with van der Waals surface area (Å²) in [7, 11) is 0. The van der Waals surface area contributed by atoms with Crippen LogP contribution in [0.2, 0.25) is 0 Å². The van der Waals surface area contributed by atoms with E-state index in [1.807, 2.05) is 0 Å². The molecule has 1 unspecified atom stereocenters. The van der Waals surface area contributed by atoms with E-state index in [0.717, 1.165) is 19.5 Å². The fourth-order valence-corrected chi connectivity index (χ4v) is 3.51. The van der Waals surface area contributed by atoms with Gasteiger partial charge in [-0.05, 0) is 59.9 Å². The van der Waals surface area contributed by atoms with Crippen molar-refractivity contribution in [3.8, 4) is 0 Å². The zero-order valence-corrected chi connectivity index (χ0v) is 14.2. The minimum Gasteiger partial charge on any atom is -0.368 e. The molecule has 1 saturated heterocycles. The molecule has 0 bridgehead atoms. The molecule has 0 radical (unpaired) electrons. The standard InChI is InChI=1S/C16H26BrN3/c1-3-6-19-7-9-20(10-8-19)16-5-4-14(11-13(2)18)12-15(16)17/h4-5,12-13H,3,6-11,18H2,1-2H3. The van der Waals surface area contributed by atoms with Crippen LogP contribution >= 0.6 is 15.9 Å². The van der Waals surface area contributed by atoms with E-state index in [-0.39, 0.29) is 6.04 Å². The molecule has 0 spiro atoms. The predicted molar refractivity (Wildman–Crippen MR) is 90.4 cm³/mol. The van der Waals surface area contributed by atoms with E-state index in [9.17, 15) is 0 Å². The molecule has 4 heteroatoms. The Kier molecular flexibility index (Phi) is 5.87. The van der Waals surface area contributed by atoms with Crippen LogP contribution in [0.4, 0.5) is 5.69 Å². The summed E-state index contributed by atoms with van der Waals surface area (Å²) in [4.78, 5) is 5.03. The van der Waals surface area contributed by atoms with Gasteiger partial charge < -0.3 is 10.6 Å². The highest BCUT2D eigenvalue weighted by atomic mass is 79.9. The summed E-state index contributed by atoms with van der Waals surface area (Å²) < 4.78 is 1.19. The maximum atomic E-state index is 5.87. The van der Waals surface area contributed by atoms with Gasteiger partial charge in [-0.2, -0.15) is 0 Å². The number of benzene rings is 1. The van der Waals surface area contributed by atoms with Crippen LogP contribution in [0.15, 0.2) is 22.7 Å². The van der Waals surface area contributed by atoms with E-state index < -0.39 is 0 Å². The van der Waals surface area contributed by atoms with Gasteiger partial charge in [0.15, 0.2) is 0 Å². The first-order chi connectivity index (χ1) is 9.60. The lowest BCUT2D eigenvalue weighted by atomic mass is 10.1. The molecule has 0 saturated carbocycles. The Bertz CT molecular complexity index is 426. The van der Waals surface area contributed by atoms with E-state index in [2.05, 4.69) is 57.8 Å². The summed E-state index contributed by atoms with van der Waals surface area (Å²) in [6, 6.07) is 6.88. The molecule has 1 heterocycles. The number of piperazine rings is 1. The Hall–Kier alpha value is -0.580. The monoisotopic (exact) mass is 339 g/mol. The molecule has 0 aliphatic carbocycles. The molecule has 2 N–H and O–H groups in total. The van der Waals surface area contributed by atoms with Crippen LogP contribution in [-0.2, 0) is 6.42 Å². The van der Waals surface area contributed by atoms with Crippen molar-refractivity contribution in [2.24, 2.45) is 5.73 Å². The lowest BCUT2D eigenvalue weighted by molar-refractivity contribution is 0.258. The van der Waals surface area contributed by atoms with Gasteiger partial charge in [-0.3, -0.25) is 4.90 Å². The van der Waals surface area contributed by atoms with Crippen molar-refractivity contribution in [2.45, 2.75) is 32.7 Å². The average Bonchev–Trinajstić information content (AvgIpc) is 2.40. The van der Waals surface area contributed by atoms with Gasteiger partial charge in [-0.1, -0.05) is 13.0 Å². The third-order valence-corrected chi connectivity index (χ3v) is 4.46. The van der Waals surface area contributed by atoms with Gasteiger partial charge in [-0.25, -0.2) is 0 Å². The van der Waals surface area contributed by atoms with Crippen molar-refractivity contribution >= 4 is 21.6 Å². The van der Waals surface area contributed by atoms with E-state index in [4.69, 9.17) is 5.73 Å². The maximum absolute atomic E-state index is 5.87. The highest BCUT2D eigenvalue weighted by molar-refractivity contribution is 9.10. The highest BCUT2D eigenvalue weighted by Gasteiger charge is 2.18. The SMILES string of the molecule is CCCN1CCN(c2ccc(CC(C)N)cc2Br)CC1. The van der Waals surface area contributed by atoms with Crippen LogP contribution in [-0.4, -0.2) is 43.7 Å². The predicted octanol–water partition coefficient (Wildman–Crippen LogP) is 2.87. The molecule has 1 fully saturated rings. The summed E-state index contributed by atoms with van der Waals surface area (Å²) in [5.74, 6) is 0. The summed E-state index contributed by atoms with van der Waals surface area (Å²) in [5.41, 5.74) is 8.49. The van der Waals surface area contributed by atoms with Crippen LogP contribution in [0.25, 0.3) is 0 Å². The zero-order valence-electron chi connectivity index (χ0n) is 12.6. The van der Waals surface area contributed by atoms with Gasteiger partial charge in [0.25, 0.3) is 0 Å². The highest BCUT2D eigenvalue weighted by Crippen LogP contribution is 2.28. The molecule has 1 aromatic carbocycles. The summed E-state index contributed by atoms with van der Waals surface area (Å²) in [6.45, 7) is 10.1. The lowest BCUT2D eigenvalue weighted by Gasteiger charge is -2.36. The van der Waals surface area contributed by atoms with Crippen LogP contribution in [0.3, 0.4) is 0 Å². The topological polar surface area (TPSA) is 32.5 Å². The number of halogens is 1. The molecule has 3 nitrogen and oxygen atoms in total. The summed E-state index contributed by atoms with van der Waals surface area (Å²) in [5, 5.41) is 0. The average molecular weight is 340 g/mol. The molecule has 2 rings (SSSR count). The number of hydrogen-bond donors (Lipinski definition) is 1. The Balaban J connectivity index is 1.99. The molecular weight excluding hydrogens is 314 g/mol. The Morgan fingerprint density at radius 1 is 1.25 bits per heavy atom. The van der Waals surface area contributed by atoms with Crippen LogP contribution in [0.5, 0.6) is 0 Å². The first kappa shape index (κ1) is 15.8. The molecule has 112 valence electrons. The van der Waals surface area contributed by atoms with E-state index in [1.54, 1.807) is 0 Å². The van der Waals surface area contributed by atoms with Gasteiger partial charge >= 0.3 is 0 Å². The van der Waals surface area contributed by atoms with Gasteiger partial charge in [-0.15, -0.1) is 0 Å². The number of nitrogens with two attached hydrogens (primary N) is 1. The molecular formula is C16H26BrN3. The van der Waals surface area contributed by atoms with Crippen LogP contribution in [0, 0.1) is 0 Å². The largest absolute Gasteiger partial charge is 0.368 e. The molecule has 1 atom stereocenters. The number of anilines is 1. The molecule has 0 amide bonds. The van der Waals surface area contributed by atoms with Crippen molar-refractivity contribution in [1.29, 1.82) is 0 Å². The van der Waals surface area contributed by atoms with Crippen molar-refractivity contribution in [1.82, 2.24) is 4.90 Å². The van der Waals surface area contributed by atoms with Crippen molar-refractivity contribution in [3.63, 3.8) is 0 Å². The fourth-order valence-electron chi connectivity index (χ4n) is 2.83. The quantitative estimate of drug-likeness (QED) is 0.895. The first-order valence-corrected chi connectivity index (χ1v) is 8.40. The van der Waals surface area contributed by atoms with Gasteiger partial charge in [0.05, 0.1) is 5.69 Å². The Labute approximate surface area is 131 Å². The number of hydrogen-bond acceptors (Lipinski definition) is 3. The normalized spacial score (nSPS) is 18.3. The number of rotatable bonds is 5. The molecule has 1 aliphatic heterocycles. The lowest BCUT2D eigenvalue weighted by Crippen LogP contribution is -2.46. The Morgan fingerprint density at radius 2 is 1.95 bits per heavy atom. The minimum absolute atomic E-state index is 0.213. The van der Waals surface area contributed by atoms with Crippen molar-refractivity contribution in [2.75, 3.05) is 37.6 Å². The second kappa shape index (κ2) is 7.43. The third-order valence-electron chi connectivity index (χ3n) is 3.82. The van der Waals surface area contributed by atoms with E-state index >= 15 is 0 Å². The molecule has 1 aliphatic rings. The van der Waals surface area contributed by atoms with Gasteiger partial charge in [0, 0.05) is 36.7 Å². The van der Waals surface area contributed by atoms with Crippen molar-refractivity contribution in [3.05, 3.63) is 28.2 Å². The second-order valence-corrected chi connectivity index (χ2v) is 6.65. The second-order valence-electron chi connectivity index (χ2n) is 5.80. The summed E-state index contributed by atoms with van der Waals surface area (Å²) in [6.07, 6.45) is 2.18. The van der Waals surface area contributed by atoms with Gasteiger partial charge in [0.1, 0.15) is 0 Å². The molecule has 0 aromatic heterocycles. The molecule has 20 heavy (non-hydrogen) atoms. The zero-order chi connectivity index (χ0) is 14.5. The summed E-state index contributed by atoms with van der Waals surface area (Å²) >= 11 is 3.72. The minimum atomic E-state index is 0.213. The maximum Gasteiger partial charge on any atom is 0.0511 e. The molecule has 1 aromatic rings. The smallest absolute Gasteiger partial charge is 0.0511 e. The fraction of sp³-hybridized carbons (Fsp3) is 0.625. The first-order valence-electron chi connectivity index (χ1n) is 7.61. The third kappa shape index (κ3) is 4.21. The number of nitrogens with zero attached hydrogens (tertiary/aromatic N) is 2. The van der Waals surface area contributed by atoms with Crippen LogP contribution in [0.1, 0.15) is 25.8 Å². The Morgan fingerprint density at radius 3 is 2.50 bits per heavy atom. The van der Waals surface area contributed by atoms with E-state index in [1.165, 1.54) is 41.8 Å². The van der Waals surface area contributed by atoms with Gasteiger partial charge in [0.2, 0.25) is 0 Å². The van der Waals surface area contributed by atoms with Crippen molar-refractivity contribution < 1.29 is 0 Å². The van der Waals surface area contributed by atoms with Crippen LogP contribution < -0.4 is 10.6 Å².